The van der Waals surface area contributed by atoms with Crippen LogP contribution in [0.1, 0.15) is 38.6 Å². The van der Waals surface area contributed by atoms with Gasteiger partial charge < -0.3 is 20.4 Å². The lowest BCUT2D eigenvalue weighted by atomic mass is 9.91. The number of hydrogen-bond acceptors (Lipinski definition) is 5. The second kappa shape index (κ2) is 10.2. The predicted molar refractivity (Wildman–Crippen MR) is 140 cm³/mol. The highest BCUT2D eigenvalue weighted by molar-refractivity contribution is 6.02. The Kier molecular flexibility index (Phi) is 6.64. The number of para-hydroxylation sites is 1. The van der Waals surface area contributed by atoms with Gasteiger partial charge in [0.05, 0.1) is 5.39 Å². The fraction of sp³-hybridized carbons (Fsp3) is 0.250. The van der Waals surface area contributed by atoms with Gasteiger partial charge >= 0.3 is 0 Å². The van der Waals surface area contributed by atoms with Crippen LogP contribution in [0.15, 0.2) is 59.5 Å². The first-order valence-electron chi connectivity index (χ1n) is 12.1. The number of nitrogens with one attached hydrogen (secondary N) is 2. The normalized spacial score (nSPS) is 17.1. The molecule has 1 fully saturated rings. The Morgan fingerprint density at radius 2 is 1.89 bits per heavy atom. The first-order valence-corrected chi connectivity index (χ1v) is 12.1. The van der Waals surface area contributed by atoms with Gasteiger partial charge in [-0.15, -0.1) is 0 Å². The molecule has 37 heavy (non-hydrogen) atoms. The van der Waals surface area contributed by atoms with E-state index in [-0.39, 0.29) is 35.1 Å². The van der Waals surface area contributed by atoms with Crippen molar-refractivity contribution in [2.45, 2.75) is 44.7 Å². The predicted octanol–water partition coefficient (Wildman–Crippen LogP) is 4.53. The Balaban J connectivity index is 1.44. The minimum atomic E-state index is -0.444. The van der Waals surface area contributed by atoms with Crippen LogP contribution in [-0.4, -0.2) is 26.7 Å². The number of nitrogens with zero attached hydrogens (tertiary/aromatic N) is 2. The van der Waals surface area contributed by atoms with Crippen LogP contribution in [0, 0.1) is 17.7 Å². The quantitative estimate of drug-likeness (QED) is 0.349. The highest BCUT2D eigenvalue weighted by Gasteiger charge is 2.27. The van der Waals surface area contributed by atoms with E-state index in [1.54, 1.807) is 37.3 Å². The number of anilines is 1. The lowest BCUT2D eigenvalue weighted by Crippen LogP contribution is -2.37. The molecular formula is C28H26FN5O3. The molecule has 2 heterocycles. The zero-order valence-electron chi connectivity index (χ0n) is 20.3. The fourth-order valence-electron chi connectivity index (χ4n) is 4.93. The van der Waals surface area contributed by atoms with Crippen molar-refractivity contribution >= 4 is 22.6 Å². The number of amides is 1. The number of aromatic amines is 1. The monoisotopic (exact) mass is 499 g/mol. The van der Waals surface area contributed by atoms with E-state index >= 15 is 0 Å². The smallest absolute Gasteiger partial charge is 0.296 e. The van der Waals surface area contributed by atoms with Crippen LogP contribution in [0.25, 0.3) is 22.0 Å². The molecular weight excluding hydrogens is 473 g/mol. The van der Waals surface area contributed by atoms with E-state index in [0.29, 0.717) is 16.7 Å². The number of H-pyrrole nitrogens is 1. The molecule has 1 amide bonds. The second-order valence-electron chi connectivity index (χ2n) is 9.02. The third kappa shape index (κ3) is 4.91. The number of carbonyl (C=O) groups is 1. The summed E-state index contributed by atoms with van der Waals surface area (Å²) >= 11 is 0. The lowest BCUT2D eigenvalue weighted by molar-refractivity contribution is -0.116. The number of nitrogens with two attached hydrogens (primary N) is 1. The van der Waals surface area contributed by atoms with Crippen LogP contribution >= 0.6 is 0 Å². The Morgan fingerprint density at radius 3 is 2.59 bits per heavy atom. The zero-order valence-corrected chi connectivity index (χ0v) is 20.3. The summed E-state index contributed by atoms with van der Waals surface area (Å²) in [6.07, 6.45) is 5.06. The van der Waals surface area contributed by atoms with Gasteiger partial charge in [-0.1, -0.05) is 30.2 Å². The molecule has 5 rings (SSSR count). The maximum atomic E-state index is 14.0. The van der Waals surface area contributed by atoms with Crippen molar-refractivity contribution in [3.05, 3.63) is 70.9 Å². The van der Waals surface area contributed by atoms with E-state index in [9.17, 15) is 14.0 Å². The number of halogens is 1. The first-order chi connectivity index (χ1) is 17.9. The highest BCUT2D eigenvalue weighted by atomic mass is 19.1. The number of hydrogen-bond donors (Lipinski definition) is 3. The van der Waals surface area contributed by atoms with Gasteiger partial charge in [-0.25, -0.2) is 9.49 Å². The average molecular weight is 500 g/mol. The summed E-state index contributed by atoms with van der Waals surface area (Å²) < 4.78 is 21.6. The van der Waals surface area contributed by atoms with E-state index in [1.165, 1.54) is 6.07 Å². The molecule has 1 aliphatic rings. The molecule has 2 aromatic carbocycles. The van der Waals surface area contributed by atoms with Crippen molar-refractivity contribution < 1.29 is 13.9 Å². The summed E-state index contributed by atoms with van der Waals surface area (Å²) in [5, 5.41) is 10.0. The Morgan fingerprint density at radius 1 is 1.16 bits per heavy atom. The third-order valence-electron chi connectivity index (χ3n) is 6.68. The lowest BCUT2D eigenvalue weighted by Gasteiger charge is -2.30. The molecule has 1 aliphatic carbocycles. The molecule has 1 saturated carbocycles. The van der Waals surface area contributed by atoms with Crippen LogP contribution in [0.4, 0.5) is 10.2 Å². The van der Waals surface area contributed by atoms with Crippen molar-refractivity contribution in [1.29, 1.82) is 0 Å². The van der Waals surface area contributed by atoms with Crippen molar-refractivity contribution in [3.63, 3.8) is 0 Å². The molecule has 188 valence electrons. The summed E-state index contributed by atoms with van der Waals surface area (Å²) in [5.74, 6) is 5.27. The summed E-state index contributed by atoms with van der Waals surface area (Å²) in [6, 6.07) is 13.5. The maximum Gasteiger partial charge on any atom is 0.296 e. The van der Waals surface area contributed by atoms with Gasteiger partial charge in [0.2, 0.25) is 0 Å². The number of benzene rings is 2. The minimum Gasteiger partial charge on any atom is -0.454 e. The summed E-state index contributed by atoms with van der Waals surface area (Å²) in [5.41, 5.74) is 7.99. The SMILES string of the molecule is CC#CC(=O)NC1CCC(n2cc(-c3ccc(Oc4ccccc4F)cc3)c3c(N)n[nH]c(=O)c32)CC1. The molecule has 4 N–H and O–H groups in total. The van der Waals surface area contributed by atoms with E-state index < -0.39 is 5.82 Å². The maximum absolute atomic E-state index is 14.0. The van der Waals surface area contributed by atoms with Crippen LogP contribution in [0.2, 0.25) is 0 Å². The van der Waals surface area contributed by atoms with Crippen LogP contribution in [0.5, 0.6) is 11.5 Å². The number of aromatic nitrogens is 3. The minimum absolute atomic E-state index is 0.0536. The van der Waals surface area contributed by atoms with Gasteiger partial charge in [-0.05, 0) is 68.4 Å². The number of rotatable bonds is 5. The summed E-state index contributed by atoms with van der Waals surface area (Å²) in [7, 11) is 0. The largest absolute Gasteiger partial charge is 0.454 e. The van der Waals surface area contributed by atoms with Crippen LogP contribution in [-0.2, 0) is 4.79 Å². The molecule has 4 aromatic rings. The number of fused-ring (bicyclic) bond motifs is 1. The number of ether oxygens (including phenoxy) is 1. The van der Waals surface area contributed by atoms with E-state index in [2.05, 4.69) is 27.4 Å². The summed E-state index contributed by atoms with van der Waals surface area (Å²) in [6.45, 7) is 1.63. The van der Waals surface area contributed by atoms with E-state index in [1.807, 2.05) is 22.9 Å². The average Bonchev–Trinajstić information content (AvgIpc) is 3.31. The Bertz CT molecular complexity index is 1570. The molecule has 0 radical (unpaired) electrons. The Labute approximate surface area is 212 Å². The molecule has 9 heteroatoms. The van der Waals surface area contributed by atoms with Gasteiger partial charge in [0, 0.05) is 23.8 Å². The Hall–Kier alpha value is -4.58. The first kappa shape index (κ1) is 24.1. The van der Waals surface area contributed by atoms with Crippen molar-refractivity contribution in [3.8, 4) is 34.5 Å². The standard InChI is InChI=1S/C28H26FN5O3/c1-2-5-24(35)31-18-10-12-19(13-11-18)34-16-21(25-26(34)28(36)33-32-27(25)30)17-8-14-20(15-9-17)37-23-7-4-3-6-22(23)29/h3-4,6-9,14-16,18-19H,10-13H2,1H3,(H2,30,32)(H,31,35)(H,33,36). The molecule has 0 atom stereocenters. The molecule has 8 nitrogen and oxygen atoms in total. The topological polar surface area (TPSA) is 115 Å². The van der Waals surface area contributed by atoms with E-state index in [4.69, 9.17) is 10.5 Å². The molecule has 0 aliphatic heterocycles. The number of nitrogen functional groups attached to an aromatic ring is 1. The van der Waals surface area contributed by atoms with Gasteiger partial charge in [0.15, 0.2) is 17.4 Å². The van der Waals surface area contributed by atoms with Gasteiger partial charge in [-0.2, -0.15) is 5.10 Å². The van der Waals surface area contributed by atoms with Crippen molar-refractivity contribution in [2.24, 2.45) is 0 Å². The van der Waals surface area contributed by atoms with E-state index in [0.717, 1.165) is 36.8 Å². The molecule has 0 bridgehead atoms. The zero-order chi connectivity index (χ0) is 25.9. The molecule has 2 aromatic heterocycles. The number of carbonyl (C=O) groups excluding carboxylic acids is 1. The van der Waals surface area contributed by atoms with Gasteiger partial charge in [-0.3, -0.25) is 9.59 Å². The van der Waals surface area contributed by atoms with Crippen molar-refractivity contribution in [2.75, 3.05) is 5.73 Å². The highest BCUT2D eigenvalue weighted by Crippen LogP contribution is 2.38. The molecule has 0 saturated heterocycles. The molecule has 0 unspecified atom stereocenters. The van der Waals surface area contributed by atoms with Crippen LogP contribution in [0.3, 0.4) is 0 Å². The van der Waals surface area contributed by atoms with Crippen LogP contribution < -0.4 is 21.3 Å². The summed E-state index contributed by atoms with van der Waals surface area (Å²) in [4.78, 5) is 24.7. The molecule has 0 spiro atoms. The van der Waals surface area contributed by atoms with Crippen molar-refractivity contribution in [1.82, 2.24) is 20.1 Å². The second-order valence-corrected chi connectivity index (χ2v) is 9.02. The third-order valence-corrected chi connectivity index (χ3v) is 6.68. The van der Waals surface area contributed by atoms with Gasteiger partial charge in [0.1, 0.15) is 11.3 Å². The fourth-order valence-corrected chi connectivity index (χ4v) is 4.93. The van der Waals surface area contributed by atoms with Gasteiger partial charge in [0.25, 0.3) is 11.5 Å².